The monoisotopic (exact) mass is 400 g/mol. The molecule has 0 N–H and O–H groups in total. The van der Waals surface area contributed by atoms with Crippen LogP contribution in [0.4, 0.5) is 0 Å². The first-order valence-corrected chi connectivity index (χ1v) is 11.8. The number of hydrogen-bond donors (Lipinski definition) is 0. The maximum Gasteiger partial charge on any atom is 0.213 e. The Hall–Kier alpha value is -2.15. The summed E-state index contributed by atoms with van der Waals surface area (Å²) in [4.78, 5) is 0. The third kappa shape index (κ3) is 2.77. The molecule has 1 aromatic heterocycles. The van der Waals surface area contributed by atoms with Gasteiger partial charge in [0.05, 0.1) is 11.0 Å². The van der Waals surface area contributed by atoms with E-state index < -0.39 is 0 Å². The van der Waals surface area contributed by atoms with Crippen LogP contribution in [-0.4, -0.2) is 0 Å². The van der Waals surface area contributed by atoms with Gasteiger partial charge in [-0.25, -0.2) is 0 Å². The average molecular weight is 401 g/mol. The van der Waals surface area contributed by atoms with Crippen molar-refractivity contribution in [3.8, 4) is 11.3 Å². The lowest BCUT2D eigenvalue weighted by Crippen LogP contribution is -2.68. The number of pyridine rings is 1. The van der Waals surface area contributed by atoms with Crippen LogP contribution >= 0.6 is 0 Å². The number of fused-ring (bicyclic) bond motifs is 5. The summed E-state index contributed by atoms with van der Waals surface area (Å²) < 4.78 is 2.71. The molecule has 1 aliphatic heterocycles. The summed E-state index contributed by atoms with van der Waals surface area (Å²) in [5, 5.41) is 1.42. The first-order valence-electron chi connectivity index (χ1n) is 11.8. The number of nitrogens with zero attached hydrogens (tertiary/aromatic N) is 1. The molecule has 0 spiro atoms. The van der Waals surface area contributed by atoms with Crippen LogP contribution in [-0.2, 0) is 17.4 Å². The minimum absolute atomic E-state index is 0.0140. The summed E-state index contributed by atoms with van der Waals surface area (Å²) in [5.74, 6) is 0.654. The molecule has 1 aliphatic rings. The van der Waals surface area contributed by atoms with E-state index in [4.69, 9.17) is 0 Å². The van der Waals surface area contributed by atoms with E-state index in [1.165, 1.54) is 38.9 Å². The summed E-state index contributed by atoms with van der Waals surface area (Å²) in [6.07, 6.45) is 3.36. The molecule has 2 aromatic carbocycles. The molecule has 1 nitrogen and oxygen atoms in total. The number of hydrogen-bond acceptors (Lipinski definition) is 0. The molecule has 30 heavy (non-hydrogen) atoms. The van der Waals surface area contributed by atoms with Crippen LogP contribution in [0.2, 0.25) is 0 Å². The fourth-order valence-corrected chi connectivity index (χ4v) is 6.24. The highest BCUT2D eigenvalue weighted by molar-refractivity contribution is 5.82. The fraction of sp³-hybridized carbons (Fsp3) is 0.483. The molecule has 2 atom stereocenters. The van der Waals surface area contributed by atoms with Gasteiger partial charge in [-0.3, -0.25) is 0 Å². The second-order valence-corrected chi connectivity index (χ2v) is 10.3. The zero-order chi connectivity index (χ0) is 21.8. The van der Waals surface area contributed by atoms with Crippen molar-refractivity contribution in [2.75, 3.05) is 0 Å². The highest BCUT2D eigenvalue weighted by atomic mass is 15.1. The van der Waals surface area contributed by atoms with Crippen molar-refractivity contribution in [2.45, 2.75) is 85.6 Å². The van der Waals surface area contributed by atoms with Gasteiger partial charge in [-0.1, -0.05) is 51.5 Å². The predicted molar refractivity (Wildman–Crippen MR) is 129 cm³/mol. The highest BCUT2D eigenvalue weighted by Crippen LogP contribution is 2.51. The van der Waals surface area contributed by atoms with Crippen molar-refractivity contribution < 1.29 is 4.57 Å². The number of aryl methyl sites for hydroxylation is 2. The van der Waals surface area contributed by atoms with Gasteiger partial charge >= 0.3 is 0 Å². The summed E-state index contributed by atoms with van der Waals surface area (Å²) in [7, 11) is 0. The lowest BCUT2D eigenvalue weighted by atomic mass is 9.59. The van der Waals surface area contributed by atoms with E-state index in [0.717, 1.165) is 19.3 Å². The van der Waals surface area contributed by atoms with Crippen LogP contribution in [0.5, 0.6) is 0 Å². The van der Waals surface area contributed by atoms with Gasteiger partial charge < -0.3 is 0 Å². The van der Waals surface area contributed by atoms with Crippen molar-refractivity contribution in [1.29, 1.82) is 0 Å². The van der Waals surface area contributed by atoms with E-state index in [-0.39, 0.29) is 11.0 Å². The van der Waals surface area contributed by atoms with Crippen molar-refractivity contribution in [1.82, 2.24) is 0 Å². The number of aromatic nitrogens is 1. The second kappa shape index (κ2) is 7.22. The predicted octanol–water partition coefficient (Wildman–Crippen LogP) is 7.42. The molecule has 0 bridgehead atoms. The fourth-order valence-electron chi connectivity index (χ4n) is 6.24. The van der Waals surface area contributed by atoms with Gasteiger partial charge in [-0.2, -0.15) is 4.57 Å². The van der Waals surface area contributed by atoms with Crippen LogP contribution in [0, 0.1) is 19.8 Å². The summed E-state index contributed by atoms with van der Waals surface area (Å²) >= 11 is 0. The molecule has 2 unspecified atom stereocenters. The minimum atomic E-state index is 0.0140. The molecular formula is C29H38N+. The zero-order valence-corrected chi connectivity index (χ0v) is 20.2. The van der Waals surface area contributed by atoms with Gasteiger partial charge in [0.15, 0.2) is 5.54 Å². The quantitative estimate of drug-likeness (QED) is 0.401. The Morgan fingerprint density at radius 2 is 1.67 bits per heavy atom. The largest absolute Gasteiger partial charge is 0.213 e. The van der Waals surface area contributed by atoms with Gasteiger partial charge in [0.1, 0.15) is 0 Å². The zero-order valence-electron chi connectivity index (χ0n) is 20.2. The first kappa shape index (κ1) is 21.1. The third-order valence-corrected chi connectivity index (χ3v) is 8.08. The molecule has 0 amide bonds. The number of benzene rings is 2. The molecule has 158 valence electrons. The Balaban J connectivity index is 2.18. The molecule has 0 radical (unpaired) electrons. The summed E-state index contributed by atoms with van der Waals surface area (Å²) in [6.45, 7) is 18.9. The molecule has 2 heterocycles. The molecular weight excluding hydrogens is 362 g/mol. The summed E-state index contributed by atoms with van der Waals surface area (Å²) in [5.41, 5.74) is 10.1. The lowest BCUT2D eigenvalue weighted by Gasteiger charge is -2.47. The van der Waals surface area contributed by atoms with Crippen LogP contribution in [0.15, 0.2) is 42.5 Å². The van der Waals surface area contributed by atoms with Crippen molar-refractivity contribution >= 4 is 10.9 Å². The Kier molecular flexibility index (Phi) is 5.08. The lowest BCUT2D eigenvalue weighted by molar-refractivity contribution is -0.742. The standard InChI is InChI=1S/C29H38N/c1-9-28(7)27-21(6)17-20(5)18-24(27)26-15-14-23-22(16-19(3)4)12-11-13-25(23)30(26)29(28,8)10-2/h11-15,17-19H,9-10,16H2,1-8H3/q+1. The Labute approximate surface area is 183 Å². The van der Waals surface area contributed by atoms with Crippen LogP contribution in [0.3, 0.4) is 0 Å². The Morgan fingerprint density at radius 1 is 0.933 bits per heavy atom. The number of rotatable bonds is 4. The van der Waals surface area contributed by atoms with Gasteiger partial charge in [-0.05, 0) is 68.4 Å². The molecule has 1 heteroatoms. The first-order chi connectivity index (χ1) is 14.2. The van der Waals surface area contributed by atoms with Crippen molar-refractivity contribution in [3.05, 3.63) is 64.7 Å². The summed E-state index contributed by atoms with van der Waals surface area (Å²) in [6, 6.07) is 16.5. The molecule has 3 aromatic rings. The highest BCUT2D eigenvalue weighted by Gasteiger charge is 2.57. The van der Waals surface area contributed by atoms with Crippen LogP contribution in [0.1, 0.15) is 76.6 Å². The third-order valence-electron chi connectivity index (χ3n) is 8.08. The Bertz CT molecular complexity index is 1120. The maximum atomic E-state index is 2.71. The molecule has 4 rings (SSSR count). The second-order valence-electron chi connectivity index (χ2n) is 10.3. The average Bonchev–Trinajstić information content (AvgIpc) is 2.70. The van der Waals surface area contributed by atoms with E-state index >= 15 is 0 Å². The minimum Gasteiger partial charge on any atom is -0.185 e. The van der Waals surface area contributed by atoms with E-state index in [0.29, 0.717) is 5.92 Å². The Morgan fingerprint density at radius 3 is 2.30 bits per heavy atom. The van der Waals surface area contributed by atoms with E-state index in [1.54, 1.807) is 5.56 Å². The topological polar surface area (TPSA) is 3.88 Å². The van der Waals surface area contributed by atoms with Gasteiger partial charge in [0.2, 0.25) is 11.2 Å². The van der Waals surface area contributed by atoms with Gasteiger partial charge in [-0.15, -0.1) is 0 Å². The van der Waals surface area contributed by atoms with Gasteiger partial charge in [0.25, 0.3) is 0 Å². The van der Waals surface area contributed by atoms with Crippen LogP contribution < -0.4 is 4.57 Å². The van der Waals surface area contributed by atoms with Crippen LogP contribution in [0.25, 0.3) is 22.2 Å². The molecule has 0 aliphatic carbocycles. The van der Waals surface area contributed by atoms with Crippen molar-refractivity contribution in [3.63, 3.8) is 0 Å². The van der Waals surface area contributed by atoms with E-state index in [9.17, 15) is 0 Å². The molecule has 0 fully saturated rings. The molecule has 0 saturated heterocycles. The van der Waals surface area contributed by atoms with E-state index in [1.807, 2.05) is 0 Å². The normalized spacial score (nSPS) is 23.0. The van der Waals surface area contributed by atoms with E-state index in [2.05, 4.69) is 102 Å². The van der Waals surface area contributed by atoms with Crippen molar-refractivity contribution in [2.24, 2.45) is 5.92 Å². The maximum absolute atomic E-state index is 2.71. The SMILES string of the molecule is CCC1(C)c2c(C)cc(C)cc2-c2ccc3c(CC(C)C)cccc3[n+]2C1(C)CC. The molecule has 0 saturated carbocycles. The smallest absolute Gasteiger partial charge is 0.185 e. The van der Waals surface area contributed by atoms with Gasteiger partial charge in [0, 0.05) is 30.9 Å².